The van der Waals surface area contributed by atoms with Gasteiger partial charge in [0.25, 0.3) is 0 Å². The van der Waals surface area contributed by atoms with Crippen molar-refractivity contribution in [2.75, 3.05) is 18.5 Å². The van der Waals surface area contributed by atoms with Gasteiger partial charge in [0.15, 0.2) is 23.6 Å². The number of fused-ring (bicyclic) bond motifs is 4. The van der Waals surface area contributed by atoms with Crippen LogP contribution in [0.5, 0.6) is 17.2 Å². The second-order valence-corrected chi connectivity index (χ2v) is 6.74. The molecule has 2 aromatic carbocycles. The van der Waals surface area contributed by atoms with Crippen molar-refractivity contribution in [3.05, 3.63) is 42.0 Å². The van der Waals surface area contributed by atoms with E-state index < -0.39 is 12.5 Å². The van der Waals surface area contributed by atoms with Gasteiger partial charge in [-0.3, -0.25) is 9.88 Å². The molecule has 0 amide bonds. The molecule has 0 spiro atoms. The Hall–Kier alpha value is -3.63. The number of halogens is 3. The molecule has 0 saturated carbocycles. The summed E-state index contributed by atoms with van der Waals surface area (Å²) in [5, 5.41) is 2.85. The Morgan fingerprint density at radius 2 is 1.87 bits per heavy atom. The van der Waals surface area contributed by atoms with Crippen molar-refractivity contribution in [2.24, 2.45) is 10.7 Å². The Labute approximate surface area is 168 Å². The summed E-state index contributed by atoms with van der Waals surface area (Å²) in [6.07, 6.45) is -5.03. The molecule has 11 heteroatoms. The van der Waals surface area contributed by atoms with Crippen LogP contribution in [-0.4, -0.2) is 35.1 Å². The van der Waals surface area contributed by atoms with Crippen molar-refractivity contribution >= 4 is 22.9 Å². The Kier molecular flexibility index (Phi) is 4.12. The predicted molar refractivity (Wildman–Crippen MR) is 102 cm³/mol. The van der Waals surface area contributed by atoms with Gasteiger partial charge in [0.2, 0.25) is 5.95 Å². The fourth-order valence-corrected chi connectivity index (χ4v) is 3.54. The molecule has 1 atom stereocenters. The summed E-state index contributed by atoms with van der Waals surface area (Å²) in [7, 11) is 0. The van der Waals surface area contributed by atoms with Gasteiger partial charge in [0, 0.05) is 24.1 Å². The van der Waals surface area contributed by atoms with E-state index in [2.05, 4.69) is 20.0 Å². The molecule has 0 bridgehead atoms. The summed E-state index contributed by atoms with van der Waals surface area (Å²) < 4.78 is 56.1. The molecular weight excluding hydrogens is 403 g/mol. The van der Waals surface area contributed by atoms with Gasteiger partial charge in [-0.2, -0.15) is 0 Å². The normalized spacial score (nSPS) is 18.2. The van der Waals surface area contributed by atoms with Crippen molar-refractivity contribution in [1.29, 1.82) is 0 Å². The van der Waals surface area contributed by atoms with Crippen LogP contribution in [0, 0.1) is 0 Å². The topological polar surface area (TPSA) is 95.9 Å². The zero-order chi connectivity index (χ0) is 20.9. The highest BCUT2D eigenvalue weighted by Crippen LogP contribution is 2.41. The van der Waals surface area contributed by atoms with Crippen LogP contribution in [0.2, 0.25) is 0 Å². The molecule has 3 N–H and O–H groups in total. The summed E-state index contributed by atoms with van der Waals surface area (Å²) >= 11 is 0. The molecule has 30 heavy (non-hydrogen) atoms. The number of ether oxygens (including phenoxy) is 3. The highest BCUT2D eigenvalue weighted by Gasteiger charge is 2.35. The lowest BCUT2D eigenvalue weighted by atomic mass is 10.1. The molecule has 2 aliphatic rings. The van der Waals surface area contributed by atoms with Crippen molar-refractivity contribution < 1.29 is 27.4 Å². The second-order valence-electron chi connectivity index (χ2n) is 6.74. The predicted octanol–water partition coefficient (Wildman–Crippen LogP) is 3.38. The van der Waals surface area contributed by atoms with Crippen LogP contribution in [-0.2, 0) is 0 Å². The minimum atomic E-state index is -4.85. The summed E-state index contributed by atoms with van der Waals surface area (Å²) in [6, 6.07) is 9.27. The van der Waals surface area contributed by atoms with Crippen LogP contribution in [0.25, 0.3) is 11.0 Å². The van der Waals surface area contributed by atoms with Gasteiger partial charge in [-0.05, 0) is 6.07 Å². The third-order valence-electron chi connectivity index (χ3n) is 4.73. The number of nitrogens with zero attached hydrogens (tertiary/aromatic N) is 3. The number of guanidine groups is 1. The maximum Gasteiger partial charge on any atom is 0.573 e. The maximum absolute atomic E-state index is 12.9. The first-order valence-corrected chi connectivity index (χ1v) is 9.15. The first-order valence-electron chi connectivity index (χ1n) is 9.15. The van der Waals surface area contributed by atoms with Crippen molar-refractivity contribution in [3.63, 3.8) is 0 Å². The van der Waals surface area contributed by atoms with Crippen molar-refractivity contribution in [1.82, 2.24) is 9.55 Å². The molecule has 0 fully saturated rings. The van der Waals surface area contributed by atoms with Gasteiger partial charge in [0.05, 0.1) is 24.2 Å². The average molecular weight is 419 g/mol. The van der Waals surface area contributed by atoms with E-state index in [-0.39, 0.29) is 17.3 Å². The molecule has 0 saturated heterocycles. The second kappa shape index (κ2) is 6.71. The fraction of sp³-hybridized carbons (Fsp3) is 0.263. The summed E-state index contributed by atoms with van der Waals surface area (Å²) in [6.45, 7) is 1.01. The number of rotatable bonds is 2. The number of aromatic nitrogens is 2. The lowest BCUT2D eigenvalue weighted by molar-refractivity contribution is -0.275. The van der Waals surface area contributed by atoms with Crippen molar-refractivity contribution in [3.8, 4) is 17.2 Å². The Bertz CT molecular complexity index is 1160. The first-order chi connectivity index (χ1) is 14.4. The van der Waals surface area contributed by atoms with Gasteiger partial charge in [-0.25, -0.2) is 9.98 Å². The number of imidazole rings is 1. The molecule has 156 valence electrons. The number of alkyl halides is 3. The number of anilines is 1. The number of nitrogens with two attached hydrogens (primary N) is 1. The standard InChI is InChI=1S/C19H16F3N5O3/c20-19(21,22)30-13-5-2-1-4-10(13)16-25-17(23)26-18-24-11-8-14-15(9-12(11)27(16)18)29-7-3-6-28-14/h1-2,4-5,8-9,16H,3,6-7H2,(H3,23,24,25,26)/t16-/m1/s1. The first kappa shape index (κ1) is 18.4. The van der Waals surface area contributed by atoms with Crippen LogP contribution >= 0.6 is 0 Å². The molecule has 0 radical (unpaired) electrons. The number of aliphatic imine (C=N–C) groups is 1. The summed E-state index contributed by atoms with van der Waals surface area (Å²) in [5.74, 6) is 1.09. The third-order valence-corrected chi connectivity index (χ3v) is 4.73. The minimum absolute atomic E-state index is 0.0266. The van der Waals surface area contributed by atoms with E-state index in [1.165, 1.54) is 18.2 Å². The summed E-state index contributed by atoms with van der Waals surface area (Å²) in [4.78, 5) is 8.84. The number of hydrogen-bond acceptors (Lipinski definition) is 7. The van der Waals surface area contributed by atoms with Gasteiger partial charge < -0.3 is 19.9 Å². The van der Waals surface area contributed by atoms with E-state index in [1.807, 2.05) is 0 Å². The smallest absolute Gasteiger partial charge is 0.489 e. The largest absolute Gasteiger partial charge is 0.573 e. The quantitative estimate of drug-likeness (QED) is 0.661. The van der Waals surface area contributed by atoms with Gasteiger partial charge in [0.1, 0.15) is 5.75 Å². The number of benzene rings is 2. The van der Waals surface area contributed by atoms with Crippen LogP contribution in [0.1, 0.15) is 18.2 Å². The molecule has 1 aromatic heterocycles. The van der Waals surface area contributed by atoms with Gasteiger partial charge in [-0.1, -0.05) is 18.2 Å². The number of nitrogens with one attached hydrogen (secondary N) is 1. The van der Waals surface area contributed by atoms with Crippen LogP contribution in [0.4, 0.5) is 19.1 Å². The number of hydrogen-bond donors (Lipinski definition) is 2. The van der Waals surface area contributed by atoms with E-state index in [0.717, 1.165) is 6.42 Å². The zero-order valence-corrected chi connectivity index (χ0v) is 15.4. The molecular formula is C19H16F3N5O3. The van der Waals surface area contributed by atoms with Gasteiger partial charge >= 0.3 is 6.36 Å². The van der Waals surface area contributed by atoms with E-state index in [9.17, 15) is 13.2 Å². The van der Waals surface area contributed by atoms with E-state index in [1.54, 1.807) is 22.8 Å². The van der Waals surface area contributed by atoms with E-state index in [0.29, 0.717) is 41.7 Å². The number of para-hydroxylation sites is 1. The van der Waals surface area contributed by atoms with Gasteiger partial charge in [-0.15, -0.1) is 13.2 Å². The highest BCUT2D eigenvalue weighted by atomic mass is 19.4. The maximum atomic E-state index is 12.9. The lowest BCUT2D eigenvalue weighted by Crippen LogP contribution is -2.32. The van der Waals surface area contributed by atoms with E-state index >= 15 is 0 Å². The van der Waals surface area contributed by atoms with Crippen LogP contribution in [0.3, 0.4) is 0 Å². The molecule has 2 aliphatic heterocycles. The molecule has 3 aromatic rings. The monoisotopic (exact) mass is 419 g/mol. The SMILES string of the molecule is NC1=N[C@@H](c2ccccc2OC(F)(F)F)n2c(nc3cc4c(cc32)OCCCO4)N1. The Morgan fingerprint density at radius 3 is 2.63 bits per heavy atom. The Balaban J connectivity index is 1.68. The third kappa shape index (κ3) is 3.21. The van der Waals surface area contributed by atoms with Crippen molar-refractivity contribution in [2.45, 2.75) is 18.9 Å². The highest BCUT2D eigenvalue weighted by molar-refractivity contribution is 5.95. The minimum Gasteiger partial charge on any atom is -0.489 e. The summed E-state index contributed by atoms with van der Waals surface area (Å²) in [5.41, 5.74) is 7.24. The molecule has 5 rings (SSSR count). The molecule has 0 aliphatic carbocycles. The van der Waals surface area contributed by atoms with Crippen LogP contribution in [0.15, 0.2) is 41.4 Å². The molecule has 0 unspecified atom stereocenters. The zero-order valence-electron chi connectivity index (χ0n) is 15.4. The Morgan fingerprint density at radius 1 is 1.13 bits per heavy atom. The molecule has 8 nitrogen and oxygen atoms in total. The van der Waals surface area contributed by atoms with Crippen LogP contribution < -0.4 is 25.3 Å². The average Bonchev–Trinajstić information content (AvgIpc) is 2.86. The molecule has 3 heterocycles. The lowest BCUT2D eigenvalue weighted by Gasteiger charge is -2.25. The van der Waals surface area contributed by atoms with E-state index in [4.69, 9.17) is 15.2 Å². The fourth-order valence-electron chi connectivity index (χ4n) is 3.54.